The zero-order chi connectivity index (χ0) is 17.2. The van der Waals surface area contributed by atoms with E-state index < -0.39 is 9.73 Å². The molecule has 7 heteroatoms. The van der Waals surface area contributed by atoms with Crippen LogP contribution in [0.4, 0.5) is 0 Å². The molecule has 1 atom stereocenters. The summed E-state index contributed by atoms with van der Waals surface area (Å²) in [4.78, 5) is 8.91. The summed E-state index contributed by atoms with van der Waals surface area (Å²) >= 11 is 0. The summed E-state index contributed by atoms with van der Waals surface area (Å²) in [6.07, 6.45) is 4.69. The summed E-state index contributed by atoms with van der Waals surface area (Å²) in [7, 11) is -1.20. The molecule has 0 amide bonds. The standard InChI is InChI=1S/C17H17N3O3S/c1-22-17-16-14(6-8-20-17)15(7-9-19-16)23-11-12-4-3-5-13(10-12)24(2,18)21/h3-10,18H,11H2,1-2H3/t24-/m0/s1. The maximum atomic E-state index is 11.9. The Kier molecular flexibility index (Phi) is 4.35. The Morgan fingerprint density at radius 1 is 1.17 bits per heavy atom. The number of fused-ring (bicyclic) bond motifs is 1. The molecule has 0 bridgehead atoms. The van der Waals surface area contributed by atoms with E-state index in [1.54, 1.807) is 43.8 Å². The van der Waals surface area contributed by atoms with Crippen LogP contribution in [0.3, 0.4) is 0 Å². The van der Waals surface area contributed by atoms with Gasteiger partial charge in [0.2, 0.25) is 5.88 Å². The lowest BCUT2D eigenvalue weighted by atomic mass is 10.2. The predicted molar refractivity (Wildman–Crippen MR) is 91.9 cm³/mol. The number of nitrogens with zero attached hydrogens (tertiary/aromatic N) is 2. The fourth-order valence-corrected chi connectivity index (χ4v) is 3.06. The molecule has 2 heterocycles. The SMILES string of the molecule is COc1nccc2c(OCc3cccc([S@@](C)(=N)=O)c3)ccnc12. The van der Waals surface area contributed by atoms with Crippen LogP contribution >= 0.6 is 0 Å². The van der Waals surface area contributed by atoms with Gasteiger partial charge in [0.25, 0.3) is 0 Å². The Morgan fingerprint density at radius 3 is 2.71 bits per heavy atom. The molecule has 0 radical (unpaired) electrons. The number of aromatic nitrogens is 2. The summed E-state index contributed by atoms with van der Waals surface area (Å²) in [5, 5.41) is 0.806. The van der Waals surface area contributed by atoms with E-state index in [4.69, 9.17) is 14.3 Å². The van der Waals surface area contributed by atoms with Crippen LogP contribution in [0.2, 0.25) is 0 Å². The normalized spacial score (nSPS) is 13.4. The third-order valence-electron chi connectivity index (χ3n) is 3.52. The zero-order valence-corrected chi connectivity index (χ0v) is 14.2. The van der Waals surface area contributed by atoms with Crippen molar-refractivity contribution in [2.45, 2.75) is 11.5 Å². The fraction of sp³-hybridized carbons (Fsp3) is 0.176. The van der Waals surface area contributed by atoms with Crippen LogP contribution in [0.15, 0.2) is 53.7 Å². The van der Waals surface area contributed by atoms with Crippen LogP contribution in [0.1, 0.15) is 5.56 Å². The summed E-state index contributed by atoms with van der Waals surface area (Å²) in [5.41, 5.74) is 1.48. The molecule has 1 N–H and O–H groups in total. The van der Waals surface area contributed by atoms with Crippen LogP contribution in [0.25, 0.3) is 10.9 Å². The maximum absolute atomic E-state index is 11.9. The van der Waals surface area contributed by atoms with Crippen molar-refractivity contribution >= 4 is 20.6 Å². The molecule has 0 saturated carbocycles. The summed E-state index contributed by atoms with van der Waals surface area (Å²) < 4.78 is 30.6. The molecule has 0 aliphatic rings. The molecular weight excluding hydrogens is 326 g/mol. The highest BCUT2D eigenvalue weighted by molar-refractivity contribution is 7.91. The van der Waals surface area contributed by atoms with Crippen molar-refractivity contribution < 1.29 is 13.7 Å². The van der Waals surface area contributed by atoms with Gasteiger partial charge in [-0.2, -0.15) is 0 Å². The van der Waals surface area contributed by atoms with Crippen LogP contribution in [0.5, 0.6) is 11.6 Å². The van der Waals surface area contributed by atoms with E-state index in [1.807, 2.05) is 12.1 Å². The first-order valence-corrected chi connectivity index (χ1v) is 9.19. The minimum absolute atomic E-state index is 0.299. The van der Waals surface area contributed by atoms with Gasteiger partial charge >= 0.3 is 0 Å². The van der Waals surface area contributed by atoms with Crippen LogP contribution in [-0.2, 0) is 16.3 Å². The molecule has 3 aromatic rings. The molecule has 124 valence electrons. The Bertz CT molecular complexity index is 987. The van der Waals surface area contributed by atoms with Gasteiger partial charge in [0.15, 0.2) is 0 Å². The molecule has 3 rings (SSSR count). The molecule has 0 unspecified atom stereocenters. The maximum Gasteiger partial charge on any atom is 0.240 e. The molecule has 0 spiro atoms. The quantitative estimate of drug-likeness (QED) is 0.768. The minimum atomic E-state index is -2.74. The van der Waals surface area contributed by atoms with Gasteiger partial charge in [-0.05, 0) is 29.8 Å². The molecule has 2 aromatic heterocycles. The van der Waals surface area contributed by atoms with Crippen molar-refractivity contribution in [1.82, 2.24) is 9.97 Å². The number of pyridine rings is 2. The van der Waals surface area contributed by atoms with Crippen molar-refractivity contribution in [3.63, 3.8) is 0 Å². The summed E-state index contributed by atoms with van der Waals surface area (Å²) in [5.74, 6) is 1.11. The molecule has 1 aromatic carbocycles. The molecular formula is C17H17N3O3S. The second kappa shape index (κ2) is 6.45. The summed E-state index contributed by atoms with van der Waals surface area (Å²) in [6, 6.07) is 10.7. The summed E-state index contributed by atoms with van der Waals surface area (Å²) in [6.45, 7) is 0.299. The topological polar surface area (TPSA) is 85.2 Å². The minimum Gasteiger partial charge on any atom is -0.488 e. The third-order valence-corrected chi connectivity index (χ3v) is 4.68. The van der Waals surface area contributed by atoms with Crippen LogP contribution in [0, 0.1) is 4.78 Å². The van der Waals surface area contributed by atoms with Gasteiger partial charge in [-0.1, -0.05) is 12.1 Å². The molecule has 0 saturated heterocycles. The van der Waals surface area contributed by atoms with Gasteiger partial charge in [-0.15, -0.1) is 0 Å². The van der Waals surface area contributed by atoms with Crippen molar-refractivity contribution in [2.24, 2.45) is 0 Å². The second-order valence-electron chi connectivity index (χ2n) is 5.31. The van der Waals surface area contributed by atoms with E-state index in [1.165, 1.54) is 6.26 Å². The third kappa shape index (κ3) is 3.30. The Balaban J connectivity index is 1.89. The van der Waals surface area contributed by atoms with Gasteiger partial charge < -0.3 is 9.47 Å². The molecule has 0 aliphatic carbocycles. The lowest BCUT2D eigenvalue weighted by molar-refractivity contribution is 0.309. The van der Waals surface area contributed by atoms with Crippen LogP contribution < -0.4 is 9.47 Å². The fourth-order valence-electron chi connectivity index (χ4n) is 2.34. The number of hydrogen-bond acceptors (Lipinski definition) is 6. The van der Waals surface area contributed by atoms with E-state index >= 15 is 0 Å². The average Bonchev–Trinajstić information content (AvgIpc) is 2.59. The molecule has 0 fully saturated rings. The van der Waals surface area contributed by atoms with E-state index in [0.717, 1.165) is 10.9 Å². The van der Waals surface area contributed by atoms with E-state index in [-0.39, 0.29) is 0 Å². The number of rotatable bonds is 5. The van der Waals surface area contributed by atoms with Gasteiger partial charge in [0.05, 0.1) is 16.8 Å². The lowest BCUT2D eigenvalue weighted by Crippen LogP contribution is -2.00. The van der Waals surface area contributed by atoms with Crippen molar-refractivity contribution in [2.75, 3.05) is 13.4 Å². The highest BCUT2D eigenvalue weighted by Crippen LogP contribution is 2.29. The number of methoxy groups -OCH3 is 1. The second-order valence-corrected chi connectivity index (χ2v) is 7.46. The molecule has 0 aliphatic heterocycles. The number of nitrogens with one attached hydrogen (secondary N) is 1. The Hall–Kier alpha value is -2.67. The van der Waals surface area contributed by atoms with Gasteiger partial charge in [-0.3, -0.25) is 4.98 Å². The first-order valence-electron chi connectivity index (χ1n) is 7.22. The smallest absolute Gasteiger partial charge is 0.240 e. The Morgan fingerprint density at radius 2 is 1.96 bits per heavy atom. The van der Waals surface area contributed by atoms with Crippen molar-refractivity contribution in [3.8, 4) is 11.6 Å². The Labute approximate surface area is 140 Å². The first-order chi connectivity index (χ1) is 11.5. The van der Waals surface area contributed by atoms with E-state index in [2.05, 4.69) is 9.97 Å². The lowest BCUT2D eigenvalue weighted by Gasteiger charge is -2.11. The van der Waals surface area contributed by atoms with Gasteiger partial charge in [-0.25, -0.2) is 14.0 Å². The monoisotopic (exact) mass is 343 g/mol. The number of hydrogen-bond donors (Lipinski definition) is 1. The highest BCUT2D eigenvalue weighted by atomic mass is 32.2. The zero-order valence-electron chi connectivity index (χ0n) is 13.4. The van der Waals surface area contributed by atoms with E-state index in [9.17, 15) is 4.21 Å². The van der Waals surface area contributed by atoms with E-state index in [0.29, 0.717) is 28.6 Å². The molecule has 24 heavy (non-hydrogen) atoms. The predicted octanol–water partition coefficient (Wildman–Crippen LogP) is 3.25. The largest absolute Gasteiger partial charge is 0.488 e. The van der Waals surface area contributed by atoms with Crippen molar-refractivity contribution in [3.05, 3.63) is 54.4 Å². The molecule has 6 nitrogen and oxygen atoms in total. The first kappa shape index (κ1) is 16.2. The van der Waals surface area contributed by atoms with Gasteiger partial charge in [0, 0.05) is 28.9 Å². The average molecular weight is 343 g/mol. The van der Waals surface area contributed by atoms with Crippen LogP contribution in [-0.4, -0.2) is 27.5 Å². The highest BCUT2D eigenvalue weighted by Gasteiger charge is 2.09. The number of ether oxygens (including phenoxy) is 2. The van der Waals surface area contributed by atoms with Crippen molar-refractivity contribution in [1.29, 1.82) is 4.78 Å². The number of benzene rings is 1. The van der Waals surface area contributed by atoms with Gasteiger partial charge in [0.1, 0.15) is 17.9 Å².